The molecule has 0 radical (unpaired) electrons. The van der Waals surface area contributed by atoms with Crippen LogP contribution in [0.2, 0.25) is 0 Å². The van der Waals surface area contributed by atoms with Gasteiger partial charge in [0.05, 0.1) is 18.0 Å². The largest absolute Gasteiger partial charge is 0.376 e. The van der Waals surface area contributed by atoms with Gasteiger partial charge in [0.2, 0.25) is 5.91 Å². The molecule has 1 N–H and O–H groups in total. The molecule has 1 aliphatic carbocycles. The topological polar surface area (TPSA) is 84.4 Å². The number of aromatic nitrogens is 2. The molecule has 0 aromatic carbocycles. The Morgan fingerprint density at radius 1 is 1.15 bits per heavy atom. The van der Waals surface area contributed by atoms with Crippen molar-refractivity contribution < 1.29 is 14.3 Å². The van der Waals surface area contributed by atoms with Crippen molar-refractivity contribution in [2.75, 3.05) is 19.7 Å². The predicted octanol–water partition coefficient (Wildman–Crippen LogP) is 2.25. The van der Waals surface area contributed by atoms with Crippen molar-refractivity contribution in [2.24, 2.45) is 0 Å². The van der Waals surface area contributed by atoms with E-state index in [4.69, 9.17) is 4.74 Å². The van der Waals surface area contributed by atoms with Gasteiger partial charge in [-0.2, -0.15) is 0 Å². The van der Waals surface area contributed by atoms with E-state index in [1.165, 1.54) is 25.5 Å². The smallest absolute Gasteiger partial charge is 0.274 e. The number of amides is 2. The highest BCUT2D eigenvalue weighted by Crippen LogP contribution is 2.18. The van der Waals surface area contributed by atoms with Gasteiger partial charge in [-0.25, -0.2) is 4.98 Å². The van der Waals surface area contributed by atoms with E-state index in [0.717, 1.165) is 38.0 Å². The minimum absolute atomic E-state index is 0.0158. The molecule has 2 aliphatic rings. The standard InChI is InChI=1S/C20H30N4O3/c1-15-12-22-18(13-21-15)20(26)24(14-17-8-5-11-27-17)10-9-19(25)23-16-6-3-2-4-7-16/h12-13,16-17H,2-11,14H2,1H3,(H,23,25). The number of carbonyl (C=O) groups is 2. The molecular weight excluding hydrogens is 344 g/mol. The first kappa shape index (κ1) is 19.7. The predicted molar refractivity (Wildman–Crippen MR) is 101 cm³/mol. The van der Waals surface area contributed by atoms with Crippen LogP contribution in [0.5, 0.6) is 0 Å². The van der Waals surface area contributed by atoms with E-state index in [0.29, 0.717) is 25.2 Å². The van der Waals surface area contributed by atoms with Gasteiger partial charge in [-0.3, -0.25) is 14.6 Å². The van der Waals surface area contributed by atoms with Crippen molar-refractivity contribution in [3.8, 4) is 0 Å². The Bertz CT molecular complexity index is 623. The van der Waals surface area contributed by atoms with Crippen molar-refractivity contribution in [1.82, 2.24) is 20.2 Å². The Hall–Kier alpha value is -2.02. The fourth-order valence-corrected chi connectivity index (χ4v) is 3.76. The normalized spacial score (nSPS) is 20.4. The number of carbonyl (C=O) groups excluding carboxylic acids is 2. The van der Waals surface area contributed by atoms with Crippen LogP contribution in [0, 0.1) is 6.92 Å². The molecule has 1 saturated heterocycles. The van der Waals surface area contributed by atoms with Crippen LogP contribution in [0.25, 0.3) is 0 Å². The Labute approximate surface area is 160 Å². The van der Waals surface area contributed by atoms with Gasteiger partial charge in [0.1, 0.15) is 5.69 Å². The van der Waals surface area contributed by atoms with Crippen LogP contribution in [0.15, 0.2) is 12.4 Å². The summed E-state index contributed by atoms with van der Waals surface area (Å²) in [5.74, 6) is -0.175. The lowest BCUT2D eigenvalue weighted by atomic mass is 9.95. The second-order valence-electron chi connectivity index (χ2n) is 7.58. The highest BCUT2D eigenvalue weighted by molar-refractivity contribution is 5.92. The number of rotatable bonds is 7. The number of ether oxygens (including phenoxy) is 1. The summed E-state index contributed by atoms with van der Waals surface area (Å²) in [6.07, 6.45) is 11.1. The Balaban J connectivity index is 1.57. The lowest BCUT2D eigenvalue weighted by Crippen LogP contribution is -2.42. The van der Waals surface area contributed by atoms with Crippen molar-refractivity contribution in [1.29, 1.82) is 0 Å². The summed E-state index contributed by atoms with van der Waals surface area (Å²) in [4.78, 5) is 35.3. The molecule has 27 heavy (non-hydrogen) atoms. The van der Waals surface area contributed by atoms with Gasteiger partial charge in [0, 0.05) is 38.4 Å². The first-order valence-electron chi connectivity index (χ1n) is 10.1. The summed E-state index contributed by atoms with van der Waals surface area (Å²) in [7, 11) is 0. The molecule has 1 saturated carbocycles. The van der Waals surface area contributed by atoms with E-state index in [1.54, 1.807) is 11.1 Å². The van der Waals surface area contributed by atoms with E-state index >= 15 is 0 Å². The third-order valence-electron chi connectivity index (χ3n) is 5.31. The van der Waals surface area contributed by atoms with Gasteiger partial charge in [-0.15, -0.1) is 0 Å². The molecule has 1 aliphatic heterocycles. The average Bonchev–Trinajstić information content (AvgIpc) is 3.19. The lowest BCUT2D eigenvalue weighted by molar-refractivity contribution is -0.122. The maximum atomic E-state index is 12.9. The molecule has 1 atom stereocenters. The van der Waals surface area contributed by atoms with Crippen molar-refractivity contribution >= 4 is 11.8 Å². The van der Waals surface area contributed by atoms with Gasteiger partial charge in [-0.05, 0) is 32.6 Å². The summed E-state index contributed by atoms with van der Waals surface area (Å²) in [6.45, 7) is 3.43. The number of nitrogens with zero attached hydrogens (tertiary/aromatic N) is 3. The zero-order valence-electron chi connectivity index (χ0n) is 16.2. The first-order valence-corrected chi connectivity index (χ1v) is 10.1. The summed E-state index contributed by atoms with van der Waals surface area (Å²) in [6, 6.07) is 0.288. The molecule has 3 rings (SSSR count). The molecule has 148 valence electrons. The zero-order valence-corrected chi connectivity index (χ0v) is 16.2. The molecule has 0 bridgehead atoms. The maximum Gasteiger partial charge on any atom is 0.274 e. The highest BCUT2D eigenvalue weighted by Gasteiger charge is 2.25. The minimum Gasteiger partial charge on any atom is -0.376 e. The van der Waals surface area contributed by atoms with Gasteiger partial charge >= 0.3 is 0 Å². The van der Waals surface area contributed by atoms with Crippen molar-refractivity contribution in [2.45, 2.75) is 70.4 Å². The third kappa shape index (κ3) is 5.99. The number of nitrogens with one attached hydrogen (secondary N) is 1. The van der Waals surface area contributed by atoms with E-state index in [-0.39, 0.29) is 24.0 Å². The van der Waals surface area contributed by atoms with Crippen LogP contribution in [0.3, 0.4) is 0 Å². The van der Waals surface area contributed by atoms with Crippen LogP contribution >= 0.6 is 0 Å². The van der Waals surface area contributed by atoms with Gasteiger partial charge in [-0.1, -0.05) is 19.3 Å². The number of hydrogen-bond donors (Lipinski definition) is 1. The SMILES string of the molecule is Cc1cnc(C(=O)N(CCC(=O)NC2CCCCC2)CC2CCCO2)cn1. The van der Waals surface area contributed by atoms with Crippen LogP contribution in [-0.4, -0.2) is 58.5 Å². The van der Waals surface area contributed by atoms with Crippen LogP contribution < -0.4 is 5.32 Å². The average molecular weight is 374 g/mol. The molecule has 1 unspecified atom stereocenters. The zero-order chi connectivity index (χ0) is 19.1. The van der Waals surface area contributed by atoms with Gasteiger partial charge < -0.3 is 15.0 Å². The molecule has 2 heterocycles. The van der Waals surface area contributed by atoms with Gasteiger partial charge in [0.15, 0.2) is 0 Å². The molecule has 1 aromatic rings. The Kier molecular flexibility index (Phi) is 7.15. The van der Waals surface area contributed by atoms with Crippen molar-refractivity contribution in [3.05, 3.63) is 23.8 Å². The second-order valence-corrected chi connectivity index (χ2v) is 7.58. The molecule has 7 nitrogen and oxygen atoms in total. The molecule has 0 spiro atoms. The van der Waals surface area contributed by atoms with Gasteiger partial charge in [0.25, 0.3) is 5.91 Å². The van der Waals surface area contributed by atoms with E-state index < -0.39 is 0 Å². The number of aryl methyl sites for hydroxylation is 1. The monoisotopic (exact) mass is 374 g/mol. The third-order valence-corrected chi connectivity index (χ3v) is 5.31. The first-order chi connectivity index (χ1) is 13.1. The Morgan fingerprint density at radius 3 is 2.63 bits per heavy atom. The summed E-state index contributed by atoms with van der Waals surface area (Å²) < 4.78 is 5.69. The summed E-state index contributed by atoms with van der Waals surface area (Å²) in [5, 5.41) is 3.12. The highest BCUT2D eigenvalue weighted by atomic mass is 16.5. The molecule has 7 heteroatoms. The summed E-state index contributed by atoms with van der Waals surface area (Å²) in [5.41, 5.74) is 1.08. The van der Waals surface area contributed by atoms with E-state index in [9.17, 15) is 9.59 Å². The minimum atomic E-state index is -0.191. The molecule has 1 aromatic heterocycles. The molecule has 2 fully saturated rings. The van der Waals surface area contributed by atoms with E-state index in [2.05, 4.69) is 15.3 Å². The van der Waals surface area contributed by atoms with Crippen molar-refractivity contribution in [3.63, 3.8) is 0 Å². The lowest BCUT2D eigenvalue weighted by Gasteiger charge is -2.26. The number of hydrogen-bond acceptors (Lipinski definition) is 5. The fourth-order valence-electron chi connectivity index (χ4n) is 3.76. The Morgan fingerprint density at radius 2 is 1.96 bits per heavy atom. The fraction of sp³-hybridized carbons (Fsp3) is 0.700. The van der Waals surface area contributed by atoms with E-state index in [1.807, 2.05) is 6.92 Å². The molecule has 2 amide bonds. The second kappa shape index (κ2) is 9.78. The van der Waals surface area contributed by atoms with Crippen LogP contribution in [0.1, 0.15) is 67.5 Å². The summed E-state index contributed by atoms with van der Waals surface area (Å²) >= 11 is 0. The van der Waals surface area contributed by atoms with Crippen LogP contribution in [0.4, 0.5) is 0 Å². The quantitative estimate of drug-likeness (QED) is 0.791. The maximum absolute atomic E-state index is 12.9. The molecular formula is C20H30N4O3. The van der Waals surface area contributed by atoms with Crippen LogP contribution in [-0.2, 0) is 9.53 Å².